The lowest BCUT2D eigenvalue weighted by molar-refractivity contribution is -0.136. The highest BCUT2D eigenvalue weighted by Gasteiger charge is 2.33. The summed E-state index contributed by atoms with van der Waals surface area (Å²) >= 11 is 0. The molecule has 0 bridgehead atoms. The molecule has 6 nitrogen and oxygen atoms in total. The summed E-state index contributed by atoms with van der Waals surface area (Å²) < 4.78 is 6.30. The molecule has 0 radical (unpaired) electrons. The van der Waals surface area contributed by atoms with Crippen LogP contribution >= 0.6 is 24.0 Å². The van der Waals surface area contributed by atoms with Crippen LogP contribution in [0.5, 0.6) is 0 Å². The maximum Gasteiger partial charge on any atom is 0.225 e. The quantitative estimate of drug-likeness (QED) is 0.262. The van der Waals surface area contributed by atoms with E-state index in [1.165, 1.54) is 19.3 Å². The van der Waals surface area contributed by atoms with Crippen LogP contribution in [0.3, 0.4) is 0 Å². The van der Waals surface area contributed by atoms with Crippen molar-refractivity contribution in [3.63, 3.8) is 0 Å². The van der Waals surface area contributed by atoms with Crippen LogP contribution in [0.2, 0.25) is 0 Å². The number of guanidine groups is 1. The summed E-state index contributed by atoms with van der Waals surface area (Å²) in [6, 6.07) is 0.366. The number of likely N-dealkylation sites (tertiary alicyclic amines) is 1. The van der Waals surface area contributed by atoms with Crippen LogP contribution in [0.15, 0.2) is 4.99 Å². The first-order valence-electron chi connectivity index (χ1n) is 12.0. The van der Waals surface area contributed by atoms with Gasteiger partial charge in [-0.3, -0.25) is 9.79 Å². The van der Waals surface area contributed by atoms with Crippen molar-refractivity contribution in [3.05, 3.63) is 0 Å². The zero-order valence-electron chi connectivity index (χ0n) is 19.7. The number of carbonyl (C=O) groups excluding carboxylic acids is 1. The Morgan fingerprint density at radius 3 is 2.30 bits per heavy atom. The van der Waals surface area contributed by atoms with Gasteiger partial charge in [-0.2, -0.15) is 0 Å². The molecule has 30 heavy (non-hydrogen) atoms. The summed E-state index contributed by atoms with van der Waals surface area (Å²) in [4.78, 5) is 19.1. The van der Waals surface area contributed by atoms with E-state index in [-0.39, 0.29) is 35.5 Å². The Morgan fingerprint density at radius 2 is 1.77 bits per heavy atom. The van der Waals surface area contributed by atoms with Gasteiger partial charge in [0.15, 0.2) is 5.96 Å². The van der Waals surface area contributed by atoms with Gasteiger partial charge in [0.2, 0.25) is 5.91 Å². The fraction of sp³-hybridized carbons (Fsp3) is 0.913. The van der Waals surface area contributed by atoms with E-state index in [0.29, 0.717) is 11.9 Å². The Balaban J connectivity index is 0.00000450. The van der Waals surface area contributed by atoms with E-state index in [2.05, 4.69) is 41.3 Å². The molecule has 0 aromatic heterocycles. The van der Waals surface area contributed by atoms with Gasteiger partial charge in [-0.25, -0.2) is 0 Å². The van der Waals surface area contributed by atoms with Crippen LogP contribution in [-0.2, 0) is 9.53 Å². The smallest absolute Gasteiger partial charge is 0.225 e. The predicted molar refractivity (Wildman–Crippen MR) is 136 cm³/mol. The SMILES string of the molecule is CCCOC1(CNC(=NC)NC2CCN(C(=O)C(CC)CC)CC2)CCCCC1.I. The fourth-order valence-corrected chi connectivity index (χ4v) is 4.66. The van der Waals surface area contributed by atoms with Crippen molar-refractivity contribution in [2.24, 2.45) is 10.9 Å². The number of rotatable bonds is 9. The average Bonchev–Trinajstić information content (AvgIpc) is 2.77. The van der Waals surface area contributed by atoms with Crippen LogP contribution in [0.25, 0.3) is 0 Å². The molecular weight excluding hydrogens is 491 g/mol. The van der Waals surface area contributed by atoms with Gasteiger partial charge in [-0.1, -0.05) is 40.0 Å². The van der Waals surface area contributed by atoms with Crippen LogP contribution < -0.4 is 10.6 Å². The minimum Gasteiger partial charge on any atom is -0.373 e. The van der Waals surface area contributed by atoms with Gasteiger partial charge in [0, 0.05) is 45.2 Å². The zero-order chi connectivity index (χ0) is 21.1. The number of amides is 1. The monoisotopic (exact) mass is 536 g/mol. The minimum absolute atomic E-state index is 0. The molecule has 0 atom stereocenters. The third kappa shape index (κ3) is 8.17. The highest BCUT2D eigenvalue weighted by Crippen LogP contribution is 2.31. The summed E-state index contributed by atoms with van der Waals surface area (Å²) in [5.74, 6) is 1.38. The minimum atomic E-state index is -0.0447. The number of hydrogen-bond acceptors (Lipinski definition) is 3. The third-order valence-corrected chi connectivity index (χ3v) is 6.66. The Morgan fingerprint density at radius 1 is 1.13 bits per heavy atom. The maximum absolute atomic E-state index is 12.6. The molecule has 0 aromatic rings. The molecule has 1 amide bonds. The first-order chi connectivity index (χ1) is 14.1. The predicted octanol–water partition coefficient (Wildman–Crippen LogP) is 4.33. The van der Waals surface area contributed by atoms with Crippen LogP contribution in [0, 0.1) is 5.92 Å². The topological polar surface area (TPSA) is 66.0 Å². The fourth-order valence-electron chi connectivity index (χ4n) is 4.66. The standard InChI is InChI=1S/C23H44N4O2.HI/c1-5-17-29-23(13-9-8-10-14-23)18-25-22(24-4)26-20-11-15-27(16-12-20)21(28)19(6-2)7-3;/h19-20H,5-18H2,1-4H3,(H2,24,25,26);1H. The van der Waals surface area contributed by atoms with Crippen molar-refractivity contribution in [2.75, 3.05) is 33.3 Å². The van der Waals surface area contributed by atoms with Gasteiger partial charge < -0.3 is 20.3 Å². The first kappa shape index (κ1) is 27.5. The molecule has 1 saturated carbocycles. The second-order valence-corrected chi connectivity index (χ2v) is 8.78. The van der Waals surface area contributed by atoms with Crippen molar-refractivity contribution in [1.82, 2.24) is 15.5 Å². The number of piperidine rings is 1. The highest BCUT2D eigenvalue weighted by molar-refractivity contribution is 14.0. The number of carbonyl (C=O) groups is 1. The molecule has 0 unspecified atom stereocenters. The van der Waals surface area contributed by atoms with Crippen LogP contribution in [0.1, 0.15) is 85.0 Å². The van der Waals surface area contributed by atoms with Crippen molar-refractivity contribution < 1.29 is 9.53 Å². The molecule has 1 aliphatic heterocycles. The highest BCUT2D eigenvalue weighted by atomic mass is 127. The van der Waals surface area contributed by atoms with Crippen molar-refractivity contribution in [3.8, 4) is 0 Å². The van der Waals surface area contributed by atoms with Crippen LogP contribution in [-0.4, -0.2) is 61.7 Å². The normalized spacial score (nSPS) is 20.0. The zero-order valence-corrected chi connectivity index (χ0v) is 22.0. The summed E-state index contributed by atoms with van der Waals surface area (Å²) in [6.07, 6.45) is 11.0. The molecule has 2 rings (SSSR count). The van der Waals surface area contributed by atoms with Gasteiger partial charge in [0.1, 0.15) is 0 Å². The number of aliphatic imine (C=N–C) groups is 1. The lowest BCUT2D eigenvalue weighted by Crippen LogP contribution is -2.53. The first-order valence-corrected chi connectivity index (χ1v) is 12.0. The number of hydrogen-bond donors (Lipinski definition) is 2. The largest absolute Gasteiger partial charge is 0.373 e. The Hall–Kier alpha value is -0.570. The molecular formula is C23H45IN4O2. The molecule has 1 heterocycles. The molecule has 1 saturated heterocycles. The molecule has 0 aromatic carbocycles. The summed E-state index contributed by atoms with van der Waals surface area (Å²) in [6.45, 7) is 9.72. The van der Waals surface area contributed by atoms with E-state index in [1.807, 2.05) is 7.05 Å². The van der Waals surface area contributed by atoms with Gasteiger partial charge in [0.25, 0.3) is 0 Å². The second kappa shape index (κ2) is 14.5. The molecule has 7 heteroatoms. The van der Waals surface area contributed by atoms with E-state index in [0.717, 1.165) is 77.1 Å². The van der Waals surface area contributed by atoms with Gasteiger partial charge in [-0.15, -0.1) is 24.0 Å². The summed E-state index contributed by atoms with van der Waals surface area (Å²) in [7, 11) is 1.83. The summed E-state index contributed by atoms with van der Waals surface area (Å²) in [5, 5.41) is 7.12. The van der Waals surface area contributed by atoms with E-state index in [4.69, 9.17) is 4.74 Å². The van der Waals surface area contributed by atoms with E-state index in [9.17, 15) is 4.79 Å². The van der Waals surface area contributed by atoms with Crippen LogP contribution in [0.4, 0.5) is 0 Å². The molecule has 176 valence electrons. The molecule has 2 N–H and O–H groups in total. The lowest BCUT2D eigenvalue weighted by Gasteiger charge is -2.38. The number of halogens is 1. The number of nitrogens with zero attached hydrogens (tertiary/aromatic N) is 2. The van der Waals surface area contributed by atoms with E-state index < -0.39 is 0 Å². The van der Waals surface area contributed by atoms with Gasteiger partial charge in [-0.05, 0) is 44.9 Å². The molecule has 1 aliphatic carbocycles. The van der Waals surface area contributed by atoms with Crippen molar-refractivity contribution in [2.45, 2.75) is 96.6 Å². The average molecular weight is 537 g/mol. The third-order valence-electron chi connectivity index (χ3n) is 6.66. The maximum atomic E-state index is 12.6. The van der Waals surface area contributed by atoms with Gasteiger partial charge >= 0.3 is 0 Å². The van der Waals surface area contributed by atoms with E-state index >= 15 is 0 Å². The number of nitrogens with one attached hydrogen (secondary N) is 2. The molecule has 2 fully saturated rings. The van der Waals surface area contributed by atoms with E-state index in [1.54, 1.807) is 0 Å². The number of ether oxygens (including phenoxy) is 1. The van der Waals surface area contributed by atoms with Crippen molar-refractivity contribution in [1.29, 1.82) is 0 Å². The molecule has 0 spiro atoms. The van der Waals surface area contributed by atoms with Crippen molar-refractivity contribution >= 4 is 35.8 Å². The van der Waals surface area contributed by atoms with Gasteiger partial charge in [0.05, 0.1) is 5.60 Å². The molecule has 2 aliphatic rings. The Labute approximate surface area is 201 Å². The Kier molecular flexibility index (Phi) is 13.3. The summed E-state index contributed by atoms with van der Waals surface area (Å²) in [5.41, 5.74) is -0.0447. The second-order valence-electron chi connectivity index (χ2n) is 8.78. The Bertz CT molecular complexity index is 511. The lowest BCUT2D eigenvalue weighted by atomic mass is 9.84.